The molecule has 0 bridgehead atoms. The first kappa shape index (κ1) is 18.1. The number of hydrogen-bond acceptors (Lipinski definition) is 5. The topological polar surface area (TPSA) is 65.1 Å². The van der Waals surface area contributed by atoms with Gasteiger partial charge in [0.05, 0.1) is 13.7 Å². The largest absolute Gasteiger partial charge is 0.490 e. The van der Waals surface area contributed by atoms with Gasteiger partial charge in [-0.3, -0.25) is 4.79 Å². The lowest BCUT2D eigenvalue weighted by molar-refractivity contribution is -0.142. The summed E-state index contributed by atoms with van der Waals surface area (Å²) in [5.74, 6) is 0.407. The van der Waals surface area contributed by atoms with Crippen LogP contribution in [0.2, 0.25) is 0 Å². The lowest BCUT2D eigenvalue weighted by Gasteiger charge is -2.33. The van der Waals surface area contributed by atoms with Gasteiger partial charge in [0.2, 0.25) is 0 Å². The summed E-state index contributed by atoms with van der Waals surface area (Å²) in [5.41, 5.74) is 0.567. The molecule has 1 aliphatic heterocycles. The number of likely N-dealkylation sites (tertiary alicyclic amines) is 1. The van der Waals surface area contributed by atoms with Gasteiger partial charge in [-0.2, -0.15) is 0 Å². The van der Waals surface area contributed by atoms with Crippen molar-refractivity contribution in [1.29, 1.82) is 0 Å². The maximum atomic E-state index is 12.7. The number of benzene rings is 1. The maximum Gasteiger partial charge on any atom is 0.343 e. The molecular formula is C18H25NO5. The summed E-state index contributed by atoms with van der Waals surface area (Å²) in [6.45, 7) is 4.95. The van der Waals surface area contributed by atoms with Gasteiger partial charge in [0.1, 0.15) is 0 Å². The van der Waals surface area contributed by atoms with E-state index in [1.54, 1.807) is 18.2 Å². The number of esters is 1. The highest BCUT2D eigenvalue weighted by Gasteiger charge is 2.25. The van der Waals surface area contributed by atoms with Crippen LogP contribution in [-0.4, -0.2) is 49.7 Å². The second kappa shape index (κ2) is 8.57. The van der Waals surface area contributed by atoms with Crippen LogP contribution in [0.1, 0.15) is 43.5 Å². The second-order valence-corrected chi connectivity index (χ2v) is 5.80. The maximum absolute atomic E-state index is 12.7. The molecule has 0 saturated carbocycles. The Kier molecular flexibility index (Phi) is 6.46. The van der Waals surface area contributed by atoms with E-state index in [0.717, 1.165) is 25.8 Å². The van der Waals surface area contributed by atoms with E-state index in [2.05, 4.69) is 11.7 Å². The van der Waals surface area contributed by atoms with Gasteiger partial charge in [-0.25, -0.2) is 4.79 Å². The Labute approximate surface area is 142 Å². The summed E-state index contributed by atoms with van der Waals surface area (Å²) in [7, 11) is 1.30. The summed E-state index contributed by atoms with van der Waals surface area (Å²) in [6.07, 6.45) is 3.23. The molecule has 6 nitrogen and oxygen atoms in total. The first-order valence-corrected chi connectivity index (χ1v) is 8.34. The van der Waals surface area contributed by atoms with Crippen molar-refractivity contribution in [3.8, 4) is 11.5 Å². The Morgan fingerprint density at radius 2 is 2.00 bits per heavy atom. The zero-order chi connectivity index (χ0) is 17.5. The minimum Gasteiger partial charge on any atom is -0.490 e. The van der Waals surface area contributed by atoms with Gasteiger partial charge in [-0.05, 0) is 51.3 Å². The van der Waals surface area contributed by atoms with Crippen molar-refractivity contribution in [3.05, 3.63) is 23.8 Å². The molecule has 1 aromatic rings. The van der Waals surface area contributed by atoms with Gasteiger partial charge >= 0.3 is 5.97 Å². The van der Waals surface area contributed by atoms with Crippen molar-refractivity contribution in [2.45, 2.75) is 39.2 Å². The summed E-state index contributed by atoms with van der Waals surface area (Å²) in [5, 5.41) is 0. The molecule has 0 spiro atoms. The third-order valence-corrected chi connectivity index (χ3v) is 4.13. The van der Waals surface area contributed by atoms with Crippen molar-refractivity contribution >= 4 is 11.9 Å². The van der Waals surface area contributed by atoms with Crippen LogP contribution >= 0.6 is 0 Å². The predicted octanol–water partition coefficient (Wildman–Crippen LogP) is 2.65. The molecule has 0 aromatic heterocycles. The number of nitrogens with zero attached hydrogens (tertiary/aromatic N) is 1. The van der Waals surface area contributed by atoms with Crippen LogP contribution in [0, 0.1) is 0 Å². The zero-order valence-corrected chi connectivity index (χ0v) is 14.5. The van der Waals surface area contributed by atoms with Gasteiger partial charge in [-0.15, -0.1) is 0 Å². The minimum absolute atomic E-state index is 0.00247. The molecule has 1 saturated heterocycles. The number of carbonyl (C=O) groups is 2. The molecule has 0 aliphatic carbocycles. The van der Waals surface area contributed by atoms with Crippen LogP contribution < -0.4 is 9.47 Å². The predicted molar refractivity (Wildman–Crippen MR) is 89.5 cm³/mol. The summed E-state index contributed by atoms with van der Waals surface area (Å²) in [6, 6.07) is 5.30. The van der Waals surface area contributed by atoms with E-state index in [0.29, 0.717) is 23.7 Å². The Morgan fingerprint density at radius 1 is 1.21 bits per heavy atom. The molecule has 1 amide bonds. The Morgan fingerprint density at radius 3 is 2.67 bits per heavy atom. The van der Waals surface area contributed by atoms with Crippen molar-refractivity contribution in [2.24, 2.45) is 0 Å². The lowest BCUT2D eigenvalue weighted by Crippen LogP contribution is -2.42. The highest BCUT2D eigenvalue weighted by molar-refractivity contribution is 5.95. The lowest BCUT2D eigenvalue weighted by atomic mass is 10.0. The average molecular weight is 335 g/mol. The smallest absolute Gasteiger partial charge is 0.343 e. The highest BCUT2D eigenvalue weighted by atomic mass is 16.6. The molecule has 0 unspecified atom stereocenters. The van der Waals surface area contributed by atoms with E-state index in [-0.39, 0.29) is 18.6 Å². The van der Waals surface area contributed by atoms with Gasteiger partial charge < -0.3 is 19.1 Å². The zero-order valence-electron chi connectivity index (χ0n) is 14.5. The number of methoxy groups -OCH3 is 1. The van der Waals surface area contributed by atoms with Crippen molar-refractivity contribution in [2.75, 3.05) is 26.9 Å². The van der Waals surface area contributed by atoms with Crippen molar-refractivity contribution in [1.82, 2.24) is 4.90 Å². The molecule has 1 aliphatic rings. The molecule has 24 heavy (non-hydrogen) atoms. The van der Waals surface area contributed by atoms with Crippen LogP contribution in [0.25, 0.3) is 0 Å². The number of carbonyl (C=O) groups excluding carboxylic acids is 2. The minimum atomic E-state index is -0.472. The van der Waals surface area contributed by atoms with Gasteiger partial charge in [-0.1, -0.05) is 0 Å². The van der Waals surface area contributed by atoms with E-state index in [4.69, 9.17) is 9.47 Å². The average Bonchev–Trinajstić information content (AvgIpc) is 2.60. The Bertz CT molecular complexity index is 587. The van der Waals surface area contributed by atoms with Crippen molar-refractivity contribution in [3.63, 3.8) is 0 Å². The van der Waals surface area contributed by atoms with E-state index in [1.165, 1.54) is 7.11 Å². The van der Waals surface area contributed by atoms with Crippen LogP contribution in [0.5, 0.6) is 11.5 Å². The van der Waals surface area contributed by atoms with Crippen molar-refractivity contribution < 1.29 is 23.8 Å². The highest BCUT2D eigenvalue weighted by Crippen LogP contribution is 2.30. The Hall–Kier alpha value is -2.24. The molecular weight excluding hydrogens is 310 g/mol. The number of amides is 1. The van der Waals surface area contributed by atoms with E-state index < -0.39 is 5.97 Å². The number of ether oxygens (including phenoxy) is 3. The summed E-state index contributed by atoms with van der Waals surface area (Å²) < 4.78 is 15.5. The second-order valence-electron chi connectivity index (χ2n) is 5.80. The van der Waals surface area contributed by atoms with Crippen LogP contribution in [0.3, 0.4) is 0 Å². The summed E-state index contributed by atoms with van der Waals surface area (Å²) >= 11 is 0. The molecule has 1 heterocycles. The first-order chi connectivity index (χ1) is 11.6. The van der Waals surface area contributed by atoms with Crippen LogP contribution in [-0.2, 0) is 9.53 Å². The quantitative estimate of drug-likeness (QED) is 0.748. The molecule has 6 heteroatoms. The van der Waals surface area contributed by atoms with Gasteiger partial charge in [0, 0.05) is 18.2 Å². The number of rotatable bonds is 6. The van der Waals surface area contributed by atoms with Crippen LogP contribution in [0.4, 0.5) is 0 Å². The fourth-order valence-corrected chi connectivity index (χ4v) is 2.79. The monoisotopic (exact) mass is 335 g/mol. The normalized spacial score (nSPS) is 17.3. The van der Waals surface area contributed by atoms with E-state index >= 15 is 0 Å². The standard InChI is InChI=1S/C18H25NO5/c1-4-23-16-11-14(8-9-15(16)24-12-17(20)22-3)18(21)19-10-6-5-7-13(19)2/h8-9,11,13H,4-7,10,12H2,1-3H3/t13-/m1/s1. The fourth-order valence-electron chi connectivity index (χ4n) is 2.79. The summed E-state index contributed by atoms with van der Waals surface area (Å²) in [4.78, 5) is 25.9. The van der Waals surface area contributed by atoms with E-state index in [9.17, 15) is 9.59 Å². The fraction of sp³-hybridized carbons (Fsp3) is 0.556. The molecule has 1 atom stereocenters. The van der Waals surface area contributed by atoms with Gasteiger partial charge in [0.25, 0.3) is 5.91 Å². The SMILES string of the molecule is CCOc1cc(C(=O)N2CCCC[C@H]2C)ccc1OCC(=O)OC. The van der Waals surface area contributed by atoms with Crippen LogP contribution in [0.15, 0.2) is 18.2 Å². The molecule has 2 rings (SSSR count). The third-order valence-electron chi connectivity index (χ3n) is 4.13. The third kappa shape index (κ3) is 4.40. The molecule has 1 aromatic carbocycles. The molecule has 1 fully saturated rings. The Balaban J connectivity index is 2.17. The molecule has 0 N–H and O–H groups in total. The van der Waals surface area contributed by atoms with Gasteiger partial charge in [0.15, 0.2) is 18.1 Å². The van der Waals surface area contributed by atoms with E-state index in [1.807, 2.05) is 11.8 Å². The first-order valence-electron chi connectivity index (χ1n) is 8.34. The molecule has 132 valence electrons. The number of hydrogen-bond donors (Lipinski definition) is 0. The number of piperidine rings is 1. The molecule has 0 radical (unpaired) electrons.